The van der Waals surface area contributed by atoms with Crippen LogP contribution in [-0.4, -0.2) is 54.7 Å². The normalized spacial score (nSPS) is 21.4. The zero-order valence-corrected chi connectivity index (χ0v) is 20.2. The predicted molar refractivity (Wildman–Crippen MR) is 130 cm³/mol. The van der Waals surface area contributed by atoms with Crippen LogP contribution in [0.25, 0.3) is 0 Å². The van der Waals surface area contributed by atoms with Crippen LogP contribution in [0.15, 0.2) is 54.6 Å². The molecule has 2 amide bonds. The fourth-order valence-electron chi connectivity index (χ4n) is 4.83. The summed E-state index contributed by atoms with van der Waals surface area (Å²) in [5, 5.41) is 3.25. The molecular weight excluding hydrogens is 433 g/mol. The van der Waals surface area contributed by atoms with Gasteiger partial charge in [0.05, 0.1) is 5.92 Å². The number of anilines is 1. The van der Waals surface area contributed by atoms with Gasteiger partial charge in [-0.1, -0.05) is 30.3 Å². The lowest BCUT2D eigenvalue weighted by atomic mass is 9.88. The number of halogens is 1. The molecule has 2 aliphatic heterocycles. The minimum Gasteiger partial charge on any atom is -0.444 e. The van der Waals surface area contributed by atoms with E-state index in [-0.39, 0.29) is 35.7 Å². The molecule has 0 bridgehead atoms. The van der Waals surface area contributed by atoms with E-state index in [0.29, 0.717) is 13.1 Å². The number of carbonyl (C=O) groups is 2. The second kappa shape index (κ2) is 10.0. The molecule has 34 heavy (non-hydrogen) atoms. The summed E-state index contributed by atoms with van der Waals surface area (Å²) >= 11 is 0. The second-order valence-electron chi connectivity index (χ2n) is 10.3. The topological polar surface area (TPSA) is 61.9 Å². The Balaban J connectivity index is 1.40. The highest BCUT2D eigenvalue weighted by molar-refractivity contribution is 5.82. The number of hydrogen-bond acceptors (Lipinski definition) is 4. The molecule has 2 aliphatic rings. The van der Waals surface area contributed by atoms with Crippen LogP contribution < -0.4 is 10.2 Å². The van der Waals surface area contributed by atoms with E-state index in [2.05, 4.69) is 10.2 Å². The fraction of sp³-hybridized carbons (Fsp3) is 0.481. The van der Waals surface area contributed by atoms with Crippen LogP contribution in [0.5, 0.6) is 0 Å². The molecule has 0 spiro atoms. The van der Waals surface area contributed by atoms with Gasteiger partial charge in [-0.25, -0.2) is 9.18 Å². The van der Waals surface area contributed by atoms with E-state index in [1.807, 2.05) is 51.1 Å². The summed E-state index contributed by atoms with van der Waals surface area (Å²) in [6.45, 7) is 7.93. The lowest BCUT2D eigenvalue weighted by Gasteiger charge is -2.34. The number of likely N-dealkylation sites (tertiary alicyclic amines) is 1. The minimum atomic E-state index is -0.585. The van der Waals surface area contributed by atoms with E-state index in [0.717, 1.165) is 37.2 Å². The highest BCUT2D eigenvalue weighted by Crippen LogP contribution is 2.34. The molecule has 2 heterocycles. The molecule has 1 N–H and O–H groups in total. The van der Waals surface area contributed by atoms with Crippen LogP contribution in [-0.2, 0) is 9.53 Å². The Bertz CT molecular complexity index is 982. The number of ether oxygens (including phenoxy) is 1. The summed E-state index contributed by atoms with van der Waals surface area (Å²) in [4.78, 5) is 30.0. The Kier molecular flexibility index (Phi) is 7.10. The van der Waals surface area contributed by atoms with Gasteiger partial charge in [0.15, 0.2) is 0 Å². The molecule has 0 radical (unpaired) electrons. The predicted octanol–water partition coefficient (Wildman–Crippen LogP) is 4.56. The van der Waals surface area contributed by atoms with E-state index < -0.39 is 5.60 Å². The third kappa shape index (κ3) is 5.88. The van der Waals surface area contributed by atoms with E-state index >= 15 is 0 Å². The second-order valence-corrected chi connectivity index (χ2v) is 10.3. The molecule has 0 saturated carbocycles. The first-order chi connectivity index (χ1) is 16.2. The number of nitrogens with zero attached hydrogens (tertiary/aromatic N) is 2. The summed E-state index contributed by atoms with van der Waals surface area (Å²) in [6, 6.07) is 16.5. The summed E-state index contributed by atoms with van der Waals surface area (Å²) < 4.78 is 18.8. The number of carbonyl (C=O) groups excluding carboxylic acids is 2. The van der Waals surface area contributed by atoms with Crippen LogP contribution in [0.2, 0.25) is 0 Å². The molecule has 2 fully saturated rings. The van der Waals surface area contributed by atoms with Gasteiger partial charge in [0.25, 0.3) is 0 Å². The molecule has 2 aromatic rings. The fourth-order valence-corrected chi connectivity index (χ4v) is 4.83. The number of amides is 2. The lowest BCUT2D eigenvalue weighted by Crippen LogP contribution is -2.47. The molecule has 2 aromatic carbocycles. The van der Waals surface area contributed by atoms with Crippen molar-refractivity contribution in [2.75, 3.05) is 31.1 Å². The summed E-state index contributed by atoms with van der Waals surface area (Å²) in [5.41, 5.74) is 1.47. The number of nitrogens with one attached hydrogen (secondary N) is 1. The first-order valence-electron chi connectivity index (χ1n) is 12.0. The van der Waals surface area contributed by atoms with Gasteiger partial charge in [-0.2, -0.15) is 0 Å². The van der Waals surface area contributed by atoms with E-state index in [9.17, 15) is 14.0 Å². The molecule has 2 atom stereocenters. The maximum atomic E-state index is 13.4. The number of rotatable bonds is 4. The Labute approximate surface area is 201 Å². The van der Waals surface area contributed by atoms with Crippen LogP contribution in [0, 0.1) is 11.7 Å². The van der Waals surface area contributed by atoms with Crippen molar-refractivity contribution in [1.82, 2.24) is 10.2 Å². The maximum Gasteiger partial charge on any atom is 0.410 e. The average molecular weight is 468 g/mol. The monoisotopic (exact) mass is 467 g/mol. The van der Waals surface area contributed by atoms with Gasteiger partial charge in [0, 0.05) is 43.8 Å². The van der Waals surface area contributed by atoms with E-state index in [1.165, 1.54) is 12.1 Å². The van der Waals surface area contributed by atoms with E-state index in [4.69, 9.17) is 4.74 Å². The molecule has 182 valence electrons. The zero-order chi connectivity index (χ0) is 24.3. The van der Waals surface area contributed by atoms with Crippen molar-refractivity contribution in [1.29, 1.82) is 0 Å². The molecular formula is C27H34FN3O3. The Morgan fingerprint density at radius 2 is 1.62 bits per heavy atom. The third-order valence-corrected chi connectivity index (χ3v) is 6.57. The molecule has 0 aliphatic carbocycles. The summed E-state index contributed by atoms with van der Waals surface area (Å²) in [7, 11) is 0. The van der Waals surface area contributed by atoms with Gasteiger partial charge in [-0.15, -0.1) is 0 Å². The van der Waals surface area contributed by atoms with Crippen molar-refractivity contribution in [3.8, 4) is 0 Å². The van der Waals surface area contributed by atoms with Crippen molar-refractivity contribution in [2.45, 2.75) is 51.2 Å². The van der Waals surface area contributed by atoms with Crippen LogP contribution in [0.3, 0.4) is 0 Å². The molecule has 2 saturated heterocycles. The highest BCUT2D eigenvalue weighted by atomic mass is 19.1. The maximum absolute atomic E-state index is 13.4. The lowest BCUT2D eigenvalue weighted by molar-refractivity contribution is -0.125. The molecule has 4 rings (SSSR count). The number of benzene rings is 2. The largest absolute Gasteiger partial charge is 0.444 e. The van der Waals surface area contributed by atoms with E-state index in [1.54, 1.807) is 17.0 Å². The third-order valence-electron chi connectivity index (χ3n) is 6.57. The minimum absolute atomic E-state index is 0.0138. The SMILES string of the molecule is CC(C)(C)OC(=O)N1C[C@@H](C(=O)NC2CCN(c3ccc(F)cc3)CC2)[C@H](c2ccccc2)C1. The van der Waals surface area contributed by atoms with Crippen molar-refractivity contribution >= 4 is 17.7 Å². The first kappa shape index (κ1) is 24.0. The molecule has 0 unspecified atom stereocenters. The average Bonchev–Trinajstić information content (AvgIpc) is 3.26. The van der Waals surface area contributed by atoms with Crippen molar-refractivity contribution in [3.63, 3.8) is 0 Å². The van der Waals surface area contributed by atoms with Gasteiger partial charge < -0.3 is 19.9 Å². The summed E-state index contributed by atoms with van der Waals surface area (Å²) in [5.74, 6) is -0.658. The van der Waals surface area contributed by atoms with Gasteiger partial charge in [0.1, 0.15) is 11.4 Å². The Hall–Kier alpha value is -3.09. The molecule has 0 aromatic heterocycles. The first-order valence-corrected chi connectivity index (χ1v) is 12.0. The molecule has 7 heteroatoms. The van der Waals surface area contributed by atoms with Gasteiger partial charge >= 0.3 is 6.09 Å². The zero-order valence-electron chi connectivity index (χ0n) is 20.2. The van der Waals surface area contributed by atoms with Crippen LogP contribution in [0.1, 0.15) is 45.1 Å². The van der Waals surface area contributed by atoms with Gasteiger partial charge in [0.2, 0.25) is 5.91 Å². The van der Waals surface area contributed by atoms with Crippen molar-refractivity contribution in [3.05, 3.63) is 66.0 Å². The Morgan fingerprint density at radius 1 is 0.971 bits per heavy atom. The molecule has 6 nitrogen and oxygen atoms in total. The highest BCUT2D eigenvalue weighted by Gasteiger charge is 2.42. The standard InChI is InChI=1S/C27H34FN3O3/c1-27(2,3)34-26(33)31-17-23(19-7-5-4-6-8-19)24(18-31)25(32)29-21-13-15-30(16-14-21)22-11-9-20(28)10-12-22/h4-12,21,23-24H,13-18H2,1-3H3,(H,29,32)/t23-,24+/m0/s1. The van der Waals surface area contributed by atoms with Gasteiger partial charge in [-0.05, 0) is 63.4 Å². The van der Waals surface area contributed by atoms with Gasteiger partial charge in [-0.3, -0.25) is 4.79 Å². The Morgan fingerprint density at radius 3 is 2.24 bits per heavy atom. The van der Waals surface area contributed by atoms with Crippen LogP contribution in [0.4, 0.5) is 14.9 Å². The number of piperidine rings is 1. The van der Waals surface area contributed by atoms with Crippen molar-refractivity contribution < 1.29 is 18.7 Å². The quantitative estimate of drug-likeness (QED) is 0.716. The van der Waals surface area contributed by atoms with Crippen molar-refractivity contribution in [2.24, 2.45) is 5.92 Å². The smallest absolute Gasteiger partial charge is 0.410 e. The number of hydrogen-bond donors (Lipinski definition) is 1. The van der Waals surface area contributed by atoms with Crippen LogP contribution >= 0.6 is 0 Å². The summed E-state index contributed by atoms with van der Waals surface area (Å²) in [6.07, 6.45) is 1.26.